The smallest absolute Gasteiger partial charge is 0.121 e. The summed E-state index contributed by atoms with van der Waals surface area (Å²) in [5, 5.41) is 0. The van der Waals surface area contributed by atoms with Crippen molar-refractivity contribution in [2.24, 2.45) is 0 Å². The number of anilines is 1. The number of fused-ring (bicyclic) bond motifs is 1. The molecule has 0 radical (unpaired) electrons. The molecule has 25 heavy (non-hydrogen) atoms. The lowest BCUT2D eigenvalue weighted by Gasteiger charge is -2.28. The summed E-state index contributed by atoms with van der Waals surface area (Å²) in [5.74, 6) is 0.913. The minimum absolute atomic E-state index is 0.591. The Morgan fingerprint density at radius 1 is 0.800 bits per heavy atom. The van der Waals surface area contributed by atoms with Crippen LogP contribution < -0.4 is 9.64 Å². The Bertz CT molecular complexity index is 856. The van der Waals surface area contributed by atoms with Crippen LogP contribution in [0.5, 0.6) is 5.75 Å². The highest BCUT2D eigenvalue weighted by Crippen LogP contribution is 2.31. The fraction of sp³-hybridized carbons (Fsp3) is 0.130. The van der Waals surface area contributed by atoms with Crippen LogP contribution in [0.3, 0.4) is 0 Å². The summed E-state index contributed by atoms with van der Waals surface area (Å²) in [6, 6.07) is 27.2. The largest absolute Gasteiger partial charge is 0.489 e. The van der Waals surface area contributed by atoms with Crippen molar-refractivity contribution in [1.82, 2.24) is 0 Å². The maximum atomic E-state index is 6.01. The first-order valence-electron chi connectivity index (χ1n) is 8.65. The second-order valence-electron chi connectivity index (χ2n) is 6.26. The standard InChI is InChI=1S/C23H21NO/c1-3-8-19(9-4-1)17-24-15-7-12-21-13-14-22(16-23(21)24)25-18-20-10-5-2-6-11-20/h1-14,16H,15,17-18H2. The van der Waals surface area contributed by atoms with Crippen molar-refractivity contribution >= 4 is 11.8 Å². The normalized spacial score (nSPS) is 12.7. The van der Waals surface area contributed by atoms with E-state index >= 15 is 0 Å². The van der Waals surface area contributed by atoms with Gasteiger partial charge in [-0.1, -0.05) is 72.8 Å². The number of ether oxygens (including phenoxy) is 1. The summed E-state index contributed by atoms with van der Waals surface area (Å²) >= 11 is 0. The maximum Gasteiger partial charge on any atom is 0.121 e. The van der Waals surface area contributed by atoms with Crippen LogP contribution in [0.4, 0.5) is 5.69 Å². The molecule has 0 saturated heterocycles. The van der Waals surface area contributed by atoms with Gasteiger partial charge in [0, 0.05) is 24.8 Å². The number of benzene rings is 3. The van der Waals surface area contributed by atoms with Crippen LogP contribution in [0.25, 0.3) is 6.08 Å². The summed E-state index contributed by atoms with van der Waals surface area (Å²) in [6.45, 7) is 2.42. The van der Waals surface area contributed by atoms with Gasteiger partial charge in [-0.05, 0) is 28.8 Å². The Labute approximate surface area is 149 Å². The Kier molecular flexibility index (Phi) is 4.51. The number of hydrogen-bond donors (Lipinski definition) is 0. The Morgan fingerprint density at radius 3 is 2.28 bits per heavy atom. The third kappa shape index (κ3) is 3.74. The van der Waals surface area contributed by atoms with Crippen LogP contribution in [-0.4, -0.2) is 6.54 Å². The Hall–Kier alpha value is -3.00. The highest BCUT2D eigenvalue weighted by molar-refractivity contribution is 5.72. The zero-order chi connectivity index (χ0) is 16.9. The van der Waals surface area contributed by atoms with Gasteiger partial charge in [0.05, 0.1) is 0 Å². The van der Waals surface area contributed by atoms with E-state index in [1.54, 1.807) is 0 Å². The highest BCUT2D eigenvalue weighted by atomic mass is 16.5. The van der Waals surface area contributed by atoms with E-state index in [-0.39, 0.29) is 0 Å². The van der Waals surface area contributed by atoms with Gasteiger partial charge in [-0.15, -0.1) is 0 Å². The van der Waals surface area contributed by atoms with Gasteiger partial charge in [-0.2, -0.15) is 0 Å². The molecule has 0 amide bonds. The van der Waals surface area contributed by atoms with Gasteiger partial charge in [-0.3, -0.25) is 0 Å². The van der Waals surface area contributed by atoms with Crippen LogP contribution in [0.1, 0.15) is 16.7 Å². The summed E-state index contributed by atoms with van der Waals surface area (Å²) < 4.78 is 6.01. The molecule has 1 aliphatic heterocycles. The van der Waals surface area contributed by atoms with Crippen molar-refractivity contribution in [3.05, 3.63) is 102 Å². The van der Waals surface area contributed by atoms with Crippen LogP contribution in [0.2, 0.25) is 0 Å². The number of rotatable bonds is 5. The molecule has 2 nitrogen and oxygen atoms in total. The minimum atomic E-state index is 0.591. The molecule has 0 N–H and O–H groups in total. The van der Waals surface area contributed by atoms with Crippen LogP contribution in [0, 0.1) is 0 Å². The molecule has 0 atom stereocenters. The SMILES string of the molecule is C1=Cc2ccc(OCc3ccccc3)cc2N(Cc2ccccc2)C1. The Balaban J connectivity index is 1.53. The van der Waals surface area contributed by atoms with Gasteiger partial charge in [0.25, 0.3) is 0 Å². The van der Waals surface area contributed by atoms with Gasteiger partial charge in [0.1, 0.15) is 12.4 Å². The van der Waals surface area contributed by atoms with E-state index in [0.29, 0.717) is 6.61 Å². The zero-order valence-corrected chi connectivity index (χ0v) is 14.1. The lowest BCUT2D eigenvalue weighted by molar-refractivity contribution is 0.306. The van der Waals surface area contributed by atoms with Crippen LogP contribution in [-0.2, 0) is 13.2 Å². The molecule has 0 unspecified atom stereocenters. The molecule has 0 bridgehead atoms. The van der Waals surface area contributed by atoms with Crippen LogP contribution in [0.15, 0.2) is 84.9 Å². The molecule has 0 saturated carbocycles. The van der Waals surface area contributed by atoms with Crippen molar-refractivity contribution in [1.29, 1.82) is 0 Å². The lowest BCUT2D eigenvalue weighted by atomic mass is 10.1. The Morgan fingerprint density at radius 2 is 1.52 bits per heavy atom. The second kappa shape index (κ2) is 7.27. The molecular weight excluding hydrogens is 306 g/mol. The van der Waals surface area contributed by atoms with Crippen molar-refractivity contribution in [2.45, 2.75) is 13.2 Å². The maximum absolute atomic E-state index is 6.01. The van der Waals surface area contributed by atoms with E-state index in [1.165, 1.54) is 22.4 Å². The molecule has 124 valence electrons. The third-order valence-corrected chi connectivity index (χ3v) is 4.43. The van der Waals surface area contributed by atoms with Crippen molar-refractivity contribution in [2.75, 3.05) is 11.4 Å². The molecular formula is C23H21NO. The van der Waals surface area contributed by atoms with Crippen molar-refractivity contribution < 1.29 is 4.74 Å². The van der Waals surface area contributed by atoms with Gasteiger partial charge in [-0.25, -0.2) is 0 Å². The fourth-order valence-electron chi connectivity index (χ4n) is 3.13. The summed E-state index contributed by atoms with van der Waals surface area (Å²) in [7, 11) is 0. The quantitative estimate of drug-likeness (QED) is 0.630. The van der Waals surface area contributed by atoms with E-state index in [1.807, 2.05) is 18.2 Å². The van der Waals surface area contributed by atoms with E-state index in [0.717, 1.165) is 18.8 Å². The zero-order valence-electron chi connectivity index (χ0n) is 14.1. The first-order valence-corrected chi connectivity index (χ1v) is 8.65. The predicted molar refractivity (Wildman–Crippen MR) is 104 cm³/mol. The topological polar surface area (TPSA) is 12.5 Å². The summed E-state index contributed by atoms with van der Waals surface area (Å²) in [5.41, 5.74) is 4.98. The molecule has 4 rings (SSSR count). The minimum Gasteiger partial charge on any atom is -0.489 e. The number of nitrogens with zero attached hydrogens (tertiary/aromatic N) is 1. The van der Waals surface area contributed by atoms with Crippen LogP contribution >= 0.6 is 0 Å². The average Bonchev–Trinajstić information content (AvgIpc) is 2.68. The summed E-state index contributed by atoms with van der Waals surface area (Å²) in [4.78, 5) is 2.39. The molecule has 2 heteroatoms. The second-order valence-corrected chi connectivity index (χ2v) is 6.26. The summed E-state index contributed by atoms with van der Waals surface area (Å²) in [6.07, 6.45) is 4.41. The lowest BCUT2D eigenvalue weighted by Crippen LogP contribution is -2.25. The van der Waals surface area contributed by atoms with Gasteiger partial charge < -0.3 is 9.64 Å². The van der Waals surface area contributed by atoms with Gasteiger partial charge >= 0.3 is 0 Å². The monoisotopic (exact) mass is 327 g/mol. The average molecular weight is 327 g/mol. The third-order valence-electron chi connectivity index (χ3n) is 4.43. The van der Waals surface area contributed by atoms with Crippen molar-refractivity contribution in [3.8, 4) is 5.75 Å². The molecule has 0 aliphatic carbocycles. The molecule has 3 aromatic carbocycles. The van der Waals surface area contributed by atoms with E-state index in [4.69, 9.17) is 4.74 Å². The fourth-order valence-corrected chi connectivity index (χ4v) is 3.13. The van der Waals surface area contributed by atoms with Gasteiger partial charge in [0.15, 0.2) is 0 Å². The number of hydrogen-bond acceptors (Lipinski definition) is 2. The first kappa shape index (κ1) is 15.5. The molecule has 1 aliphatic rings. The molecule has 3 aromatic rings. The molecule has 0 aromatic heterocycles. The first-order chi connectivity index (χ1) is 12.4. The predicted octanol–water partition coefficient (Wildman–Crippen LogP) is 5.30. The molecule has 1 heterocycles. The van der Waals surface area contributed by atoms with Crippen molar-refractivity contribution in [3.63, 3.8) is 0 Å². The van der Waals surface area contributed by atoms with Gasteiger partial charge in [0.2, 0.25) is 0 Å². The van der Waals surface area contributed by atoms with E-state index in [2.05, 4.69) is 77.7 Å². The van der Waals surface area contributed by atoms with E-state index < -0.39 is 0 Å². The highest BCUT2D eigenvalue weighted by Gasteiger charge is 2.14. The van der Waals surface area contributed by atoms with E-state index in [9.17, 15) is 0 Å². The molecule has 0 spiro atoms. The molecule has 0 fully saturated rings.